The summed E-state index contributed by atoms with van der Waals surface area (Å²) in [7, 11) is 0. The number of hydrogen-bond donors (Lipinski definition) is 1. The average Bonchev–Trinajstić information content (AvgIpc) is 3.09. The third kappa shape index (κ3) is 4.40. The van der Waals surface area contributed by atoms with Gasteiger partial charge in [-0.15, -0.1) is 0 Å². The highest BCUT2D eigenvalue weighted by atomic mass is 16.5. The van der Waals surface area contributed by atoms with Gasteiger partial charge in [0.15, 0.2) is 0 Å². The lowest BCUT2D eigenvalue weighted by Gasteiger charge is -2.26. The number of nitrogens with zero attached hydrogens (tertiary/aromatic N) is 2. The van der Waals surface area contributed by atoms with Crippen LogP contribution in [0.1, 0.15) is 34.3 Å². The quantitative estimate of drug-likeness (QED) is 0.847. The summed E-state index contributed by atoms with van der Waals surface area (Å²) in [6.07, 6.45) is 5.95. The van der Waals surface area contributed by atoms with Crippen LogP contribution in [0.15, 0.2) is 48.8 Å². The standard InChI is InChI=1S/C19H22N2O3/c22-19(23)18-6-2-1-4-16(18)13-21(14-17-5-3-11-24-17)12-15-7-9-20-10-8-15/h1-2,4,6-10,17H,3,5,11-14H2,(H,22,23)/t17-/m0/s1. The second-order valence-corrected chi connectivity index (χ2v) is 6.12. The van der Waals surface area contributed by atoms with Crippen molar-refractivity contribution in [3.63, 3.8) is 0 Å². The van der Waals surface area contributed by atoms with Gasteiger partial charge in [0.2, 0.25) is 0 Å². The number of pyridine rings is 1. The smallest absolute Gasteiger partial charge is 0.336 e. The number of aromatic carboxylic acids is 1. The van der Waals surface area contributed by atoms with Crippen LogP contribution in [0.2, 0.25) is 0 Å². The predicted octanol–water partition coefficient (Wildman–Crippen LogP) is 2.96. The monoisotopic (exact) mass is 326 g/mol. The molecule has 1 aromatic carbocycles. The molecular weight excluding hydrogens is 304 g/mol. The molecule has 0 radical (unpaired) electrons. The van der Waals surface area contributed by atoms with Crippen LogP contribution in [0.25, 0.3) is 0 Å². The number of hydrogen-bond acceptors (Lipinski definition) is 4. The van der Waals surface area contributed by atoms with Crippen LogP contribution in [-0.2, 0) is 17.8 Å². The Labute approximate surface area is 141 Å². The lowest BCUT2D eigenvalue weighted by Crippen LogP contribution is -2.32. The van der Waals surface area contributed by atoms with Crippen molar-refractivity contribution >= 4 is 5.97 Å². The molecule has 2 heterocycles. The maximum absolute atomic E-state index is 11.5. The normalized spacial score (nSPS) is 17.3. The molecule has 3 rings (SSSR count). The van der Waals surface area contributed by atoms with Crippen LogP contribution in [0.5, 0.6) is 0 Å². The molecule has 1 saturated heterocycles. The van der Waals surface area contributed by atoms with Crippen LogP contribution in [0.4, 0.5) is 0 Å². The van der Waals surface area contributed by atoms with E-state index in [2.05, 4.69) is 9.88 Å². The Kier molecular flexibility index (Phi) is 5.56. The van der Waals surface area contributed by atoms with E-state index in [1.165, 1.54) is 0 Å². The Bertz CT molecular complexity index is 669. The van der Waals surface area contributed by atoms with E-state index in [4.69, 9.17) is 4.74 Å². The minimum absolute atomic E-state index is 0.226. The molecule has 1 N–H and O–H groups in total. The van der Waals surface area contributed by atoms with Crippen LogP contribution in [0, 0.1) is 0 Å². The maximum atomic E-state index is 11.5. The molecule has 0 aliphatic carbocycles. The van der Waals surface area contributed by atoms with Crippen molar-refractivity contribution in [1.29, 1.82) is 0 Å². The molecule has 1 aliphatic heterocycles. The topological polar surface area (TPSA) is 62.7 Å². The Morgan fingerprint density at radius 2 is 2.00 bits per heavy atom. The van der Waals surface area contributed by atoms with Crippen LogP contribution in [-0.4, -0.2) is 40.2 Å². The first-order valence-electron chi connectivity index (χ1n) is 8.26. The zero-order valence-corrected chi connectivity index (χ0v) is 13.6. The molecule has 0 unspecified atom stereocenters. The first-order valence-corrected chi connectivity index (χ1v) is 8.26. The molecule has 1 atom stereocenters. The van der Waals surface area contributed by atoms with E-state index >= 15 is 0 Å². The second-order valence-electron chi connectivity index (χ2n) is 6.12. The number of rotatable bonds is 7. The Morgan fingerprint density at radius 1 is 1.21 bits per heavy atom. The minimum atomic E-state index is -0.883. The predicted molar refractivity (Wildman–Crippen MR) is 90.7 cm³/mol. The summed E-state index contributed by atoms with van der Waals surface area (Å²) in [5.41, 5.74) is 2.36. The maximum Gasteiger partial charge on any atom is 0.336 e. The van der Waals surface area contributed by atoms with Crippen molar-refractivity contribution < 1.29 is 14.6 Å². The highest BCUT2D eigenvalue weighted by Crippen LogP contribution is 2.18. The first kappa shape index (κ1) is 16.6. The van der Waals surface area contributed by atoms with Gasteiger partial charge in [-0.2, -0.15) is 0 Å². The Balaban J connectivity index is 1.77. The SMILES string of the molecule is O=C(O)c1ccccc1CN(Cc1ccncc1)C[C@@H]1CCCO1. The lowest BCUT2D eigenvalue weighted by atomic mass is 10.1. The van der Waals surface area contributed by atoms with Crippen molar-refractivity contribution in [1.82, 2.24) is 9.88 Å². The van der Waals surface area contributed by atoms with Gasteiger partial charge >= 0.3 is 5.97 Å². The number of ether oxygens (including phenoxy) is 1. The van der Waals surface area contributed by atoms with Crippen LogP contribution >= 0.6 is 0 Å². The Hall–Kier alpha value is -2.24. The van der Waals surface area contributed by atoms with Crippen molar-refractivity contribution in [3.05, 3.63) is 65.5 Å². The van der Waals surface area contributed by atoms with E-state index < -0.39 is 5.97 Å². The lowest BCUT2D eigenvalue weighted by molar-refractivity contribution is 0.0661. The average molecular weight is 326 g/mol. The second kappa shape index (κ2) is 8.04. The van der Waals surface area contributed by atoms with Crippen molar-refractivity contribution in [2.75, 3.05) is 13.2 Å². The fourth-order valence-corrected chi connectivity index (χ4v) is 3.12. The molecular formula is C19H22N2O3. The summed E-state index contributed by atoms with van der Waals surface area (Å²) in [4.78, 5) is 17.8. The van der Waals surface area contributed by atoms with Gasteiger partial charge in [0.25, 0.3) is 0 Å². The summed E-state index contributed by atoms with van der Waals surface area (Å²) in [6.45, 7) is 2.96. The van der Waals surface area contributed by atoms with Gasteiger partial charge in [-0.3, -0.25) is 9.88 Å². The highest BCUT2D eigenvalue weighted by molar-refractivity contribution is 5.89. The highest BCUT2D eigenvalue weighted by Gasteiger charge is 2.21. The van der Waals surface area contributed by atoms with Gasteiger partial charge in [0.05, 0.1) is 11.7 Å². The Morgan fingerprint density at radius 3 is 2.71 bits per heavy atom. The summed E-state index contributed by atoms with van der Waals surface area (Å²) in [5.74, 6) is -0.883. The van der Waals surface area contributed by atoms with E-state index in [1.54, 1.807) is 24.5 Å². The minimum Gasteiger partial charge on any atom is -0.478 e. The fraction of sp³-hybridized carbons (Fsp3) is 0.368. The van der Waals surface area contributed by atoms with E-state index in [1.807, 2.05) is 24.3 Å². The molecule has 2 aromatic rings. The molecule has 0 saturated carbocycles. The molecule has 5 heteroatoms. The number of carboxylic acid groups (broad SMARTS) is 1. The first-order chi connectivity index (χ1) is 11.7. The third-order valence-corrected chi connectivity index (χ3v) is 4.28. The van der Waals surface area contributed by atoms with Crippen LogP contribution < -0.4 is 0 Å². The van der Waals surface area contributed by atoms with E-state index in [0.717, 1.165) is 43.7 Å². The summed E-state index contributed by atoms with van der Waals surface area (Å²) in [6, 6.07) is 11.2. The molecule has 0 bridgehead atoms. The molecule has 5 nitrogen and oxygen atoms in total. The molecule has 0 spiro atoms. The number of carboxylic acids is 1. The zero-order chi connectivity index (χ0) is 16.8. The molecule has 1 fully saturated rings. The van der Waals surface area contributed by atoms with Crippen molar-refractivity contribution in [2.24, 2.45) is 0 Å². The van der Waals surface area contributed by atoms with E-state index in [0.29, 0.717) is 12.1 Å². The summed E-state index contributed by atoms with van der Waals surface area (Å²) >= 11 is 0. The van der Waals surface area contributed by atoms with E-state index in [9.17, 15) is 9.90 Å². The van der Waals surface area contributed by atoms with Gasteiger partial charge in [0.1, 0.15) is 0 Å². The third-order valence-electron chi connectivity index (χ3n) is 4.28. The van der Waals surface area contributed by atoms with Gasteiger partial charge in [0, 0.05) is 38.6 Å². The summed E-state index contributed by atoms with van der Waals surface area (Å²) in [5, 5.41) is 9.40. The van der Waals surface area contributed by atoms with Crippen molar-refractivity contribution in [3.8, 4) is 0 Å². The fourth-order valence-electron chi connectivity index (χ4n) is 3.12. The van der Waals surface area contributed by atoms with E-state index in [-0.39, 0.29) is 6.10 Å². The van der Waals surface area contributed by atoms with Crippen molar-refractivity contribution in [2.45, 2.75) is 32.0 Å². The number of aromatic nitrogens is 1. The van der Waals surface area contributed by atoms with Crippen LogP contribution in [0.3, 0.4) is 0 Å². The zero-order valence-electron chi connectivity index (χ0n) is 13.6. The van der Waals surface area contributed by atoms with Gasteiger partial charge in [-0.25, -0.2) is 4.79 Å². The largest absolute Gasteiger partial charge is 0.478 e. The molecule has 24 heavy (non-hydrogen) atoms. The van der Waals surface area contributed by atoms with Gasteiger partial charge in [-0.1, -0.05) is 18.2 Å². The number of benzene rings is 1. The molecule has 1 aromatic heterocycles. The number of carbonyl (C=O) groups is 1. The molecule has 0 amide bonds. The molecule has 1 aliphatic rings. The van der Waals surface area contributed by atoms with Gasteiger partial charge < -0.3 is 9.84 Å². The molecule has 126 valence electrons. The summed E-state index contributed by atoms with van der Waals surface area (Å²) < 4.78 is 5.77. The van der Waals surface area contributed by atoms with Gasteiger partial charge in [-0.05, 0) is 42.2 Å².